The van der Waals surface area contributed by atoms with Gasteiger partial charge in [0.2, 0.25) is 5.91 Å². The van der Waals surface area contributed by atoms with Gasteiger partial charge in [-0.1, -0.05) is 23.2 Å². The molecule has 1 unspecified atom stereocenters. The average molecular weight is 439 g/mol. The highest BCUT2D eigenvalue weighted by molar-refractivity contribution is 6.35. The van der Waals surface area contributed by atoms with E-state index in [1.807, 2.05) is 17.0 Å². The fourth-order valence-corrected chi connectivity index (χ4v) is 5.00. The number of urea groups is 1. The Morgan fingerprint density at radius 3 is 2.41 bits per heavy atom. The Bertz CT molecular complexity index is 840. The van der Waals surface area contributed by atoms with E-state index in [-0.39, 0.29) is 30.2 Å². The molecule has 9 heteroatoms. The Balaban J connectivity index is 1.37. The molecule has 4 rings (SSSR count). The lowest BCUT2D eigenvalue weighted by Gasteiger charge is -2.41. The van der Waals surface area contributed by atoms with E-state index in [4.69, 9.17) is 23.2 Å². The molecule has 2 atom stereocenters. The Kier molecular flexibility index (Phi) is 5.38. The summed E-state index contributed by atoms with van der Waals surface area (Å²) in [5.74, 6) is -0.159. The van der Waals surface area contributed by atoms with E-state index >= 15 is 0 Å². The number of hydrogen-bond acceptors (Lipinski definition) is 4. The van der Waals surface area contributed by atoms with Gasteiger partial charge in [0.15, 0.2) is 0 Å². The van der Waals surface area contributed by atoms with Gasteiger partial charge in [-0.25, -0.2) is 4.79 Å². The Morgan fingerprint density at radius 1 is 1.17 bits per heavy atom. The van der Waals surface area contributed by atoms with Crippen molar-refractivity contribution in [3.63, 3.8) is 0 Å². The molecule has 7 nitrogen and oxygen atoms in total. The van der Waals surface area contributed by atoms with E-state index in [1.165, 1.54) is 0 Å². The van der Waals surface area contributed by atoms with Crippen molar-refractivity contribution in [2.45, 2.75) is 44.2 Å². The molecule has 2 N–H and O–H groups in total. The lowest BCUT2D eigenvalue weighted by molar-refractivity contribution is -0.133. The Hall–Kier alpha value is -1.99. The van der Waals surface area contributed by atoms with E-state index in [0.717, 1.165) is 18.5 Å². The van der Waals surface area contributed by atoms with E-state index in [9.17, 15) is 14.4 Å². The molecular formula is C20H24Cl2N4O3. The van der Waals surface area contributed by atoms with Crippen molar-refractivity contribution in [2.75, 3.05) is 24.5 Å². The van der Waals surface area contributed by atoms with Crippen molar-refractivity contribution < 1.29 is 14.4 Å². The highest BCUT2D eigenvalue weighted by Crippen LogP contribution is 2.43. The number of benzene rings is 1. The summed E-state index contributed by atoms with van der Waals surface area (Å²) in [6, 6.07) is 5.10. The molecule has 0 radical (unpaired) electrons. The minimum Gasteiger partial charge on any atom is -0.365 e. The minimum atomic E-state index is -0.919. The van der Waals surface area contributed by atoms with Gasteiger partial charge in [0.1, 0.15) is 5.54 Å². The van der Waals surface area contributed by atoms with Gasteiger partial charge in [-0.2, -0.15) is 0 Å². The second kappa shape index (κ2) is 7.69. The summed E-state index contributed by atoms with van der Waals surface area (Å²) in [6.07, 6.45) is 2.38. The second-order valence-electron chi connectivity index (χ2n) is 8.16. The number of nitrogens with one attached hydrogen (secondary N) is 2. The van der Waals surface area contributed by atoms with Crippen LogP contribution in [-0.2, 0) is 9.59 Å². The maximum Gasteiger partial charge on any atom is 0.322 e. The van der Waals surface area contributed by atoms with Crippen LogP contribution >= 0.6 is 23.2 Å². The number of carbonyl (C=O) groups excluding carboxylic acids is 3. The summed E-state index contributed by atoms with van der Waals surface area (Å²) >= 11 is 12.3. The molecule has 2 heterocycles. The molecule has 3 aliphatic rings. The zero-order chi connectivity index (χ0) is 20.8. The van der Waals surface area contributed by atoms with Crippen LogP contribution in [0.15, 0.2) is 18.2 Å². The molecule has 1 aliphatic carbocycles. The van der Waals surface area contributed by atoms with Crippen LogP contribution in [0.1, 0.15) is 32.6 Å². The highest BCUT2D eigenvalue weighted by Gasteiger charge is 2.55. The fourth-order valence-electron chi connectivity index (χ4n) is 4.48. The second-order valence-corrected chi connectivity index (χ2v) is 9.04. The zero-order valence-electron chi connectivity index (χ0n) is 16.2. The van der Waals surface area contributed by atoms with Crippen LogP contribution in [-0.4, -0.2) is 54.0 Å². The summed E-state index contributed by atoms with van der Waals surface area (Å²) in [7, 11) is 0. The van der Waals surface area contributed by atoms with Crippen molar-refractivity contribution >= 4 is 46.7 Å². The SMILES string of the molecule is C[C@H]1CN(C(=O)CCC2(C3CC3)NC(=O)NC2=O)CCN1c1cc(Cl)cc(Cl)c1. The molecule has 1 aromatic rings. The molecule has 3 fully saturated rings. The molecule has 156 valence electrons. The standard InChI is InChI=1S/C20H24Cl2N4O3/c1-12-11-25(6-7-26(12)16-9-14(21)8-15(22)10-16)17(27)4-5-20(13-2-3-13)18(28)23-19(29)24-20/h8-10,12-13H,2-7,11H2,1H3,(H2,23,24,28,29)/t12-,20?/m0/s1. The van der Waals surface area contributed by atoms with Crippen LogP contribution < -0.4 is 15.5 Å². The van der Waals surface area contributed by atoms with Gasteiger partial charge in [-0.05, 0) is 50.3 Å². The predicted molar refractivity (Wildman–Crippen MR) is 111 cm³/mol. The normalized spacial score (nSPS) is 27.1. The molecule has 1 saturated carbocycles. The molecular weight excluding hydrogens is 415 g/mol. The van der Waals surface area contributed by atoms with E-state index in [1.54, 1.807) is 6.07 Å². The molecule has 0 bridgehead atoms. The van der Waals surface area contributed by atoms with Crippen LogP contribution in [0.4, 0.5) is 10.5 Å². The number of amides is 4. The highest BCUT2D eigenvalue weighted by atomic mass is 35.5. The van der Waals surface area contributed by atoms with Crippen molar-refractivity contribution in [2.24, 2.45) is 5.92 Å². The first-order chi connectivity index (χ1) is 13.8. The van der Waals surface area contributed by atoms with Crippen LogP contribution in [0.25, 0.3) is 0 Å². The first kappa shape index (κ1) is 20.3. The zero-order valence-corrected chi connectivity index (χ0v) is 17.7. The van der Waals surface area contributed by atoms with Crippen LogP contribution in [0.3, 0.4) is 0 Å². The van der Waals surface area contributed by atoms with Crippen molar-refractivity contribution in [3.05, 3.63) is 28.2 Å². The number of halogens is 2. The number of carbonyl (C=O) groups is 3. The largest absolute Gasteiger partial charge is 0.365 e. The smallest absolute Gasteiger partial charge is 0.322 e. The quantitative estimate of drug-likeness (QED) is 0.692. The van der Waals surface area contributed by atoms with Crippen LogP contribution in [0.2, 0.25) is 10.0 Å². The summed E-state index contributed by atoms with van der Waals surface area (Å²) in [5, 5.41) is 6.28. The number of nitrogens with zero attached hydrogens (tertiary/aromatic N) is 2. The molecule has 2 saturated heterocycles. The van der Waals surface area contributed by atoms with Gasteiger partial charge in [-0.3, -0.25) is 14.9 Å². The van der Waals surface area contributed by atoms with Gasteiger partial charge in [0, 0.05) is 47.8 Å². The van der Waals surface area contributed by atoms with E-state index in [0.29, 0.717) is 36.1 Å². The lowest BCUT2D eigenvalue weighted by atomic mass is 9.87. The average Bonchev–Trinajstić information content (AvgIpc) is 3.45. The maximum absolute atomic E-state index is 12.8. The third-order valence-corrected chi connectivity index (χ3v) is 6.57. The van der Waals surface area contributed by atoms with Gasteiger partial charge in [0.25, 0.3) is 5.91 Å². The number of piperazine rings is 1. The van der Waals surface area contributed by atoms with Crippen LogP contribution in [0, 0.1) is 5.92 Å². The van der Waals surface area contributed by atoms with Crippen molar-refractivity contribution in [3.8, 4) is 0 Å². The van der Waals surface area contributed by atoms with E-state index in [2.05, 4.69) is 22.5 Å². The molecule has 1 aromatic carbocycles. The topological polar surface area (TPSA) is 81.8 Å². The van der Waals surface area contributed by atoms with Gasteiger partial charge in [0.05, 0.1) is 0 Å². The Labute approximate surface area is 179 Å². The first-order valence-corrected chi connectivity index (χ1v) is 10.7. The van der Waals surface area contributed by atoms with Crippen molar-refractivity contribution in [1.29, 1.82) is 0 Å². The third-order valence-electron chi connectivity index (χ3n) is 6.14. The van der Waals surface area contributed by atoms with E-state index < -0.39 is 11.6 Å². The molecule has 0 spiro atoms. The Morgan fingerprint density at radius 2 is 1.86 bits per heavy atom. The lowest BCUT2D eigenvalue weighted by Crippen LogP contribution is -2.54. The molecule has 2 aliphatic heterocycles. The fraction of sp³-hybridized carbons (Fsp3) is 0.550. The number of anilines is 1. The maximum atomic E-state index is 12.8. The number of hydrogen-bond donors (Lipinski definition) is 2. The molecule has 4 amide bonds. The molecule has 0 aromatic heterocycles. The minimum absolute atomic E-state index is 0.00889. The van der Waals surface area contributed by atoms with Crippen molar-refractivity contribution in [1.82, 2.24) is 15.5 Å². The summed E-state index contributed by atoms with van der Waals surface area (Å²) in [6.45, 7) is 3.90. The van der Waals surface area contributed by atoms with Gasteiger partial charge >= 0.3 is 6.03 Å². The predicted octanol–water partition coefficient (Wildman–Crippen LogP) is 2.80. The summed E-state index contributed by atoms with van der Waals surface area (Å²) in [4.78, 5) is 40.9. The van der Waals surface area contributed by atoms with Gasteiger partial charge < -0.3 is 15.1 Å². The number of imide groups is 1. The van der Waals surface area contributed by atoms with Gasteiger partial charge in [-0.15, -0.1) is 0 Å². The third kappa shape index (κ3) is 4.03. The summed E-state index contributed by atoms with van der Waals surface area (Å²) in [5.41, 5.74) is 0.0256. The molecule has 29 heavy (non-hydrogen) atoms. The monoisotopic (exact) mass is 438 g/mol. The summed E-state index contributed by atoms with van der Waals surface area (Å²) < 4.78 is 0. The first-order valence-electron chi connectivity index (χ1n) is 9.92. The number of rotatable bonds is 5. The van der Waals surface area contributed by atoms with Crippen LogP contribution in [0.5, 0.6) is 0 Å².